The number of phenolic OH excluding ortho intramolecular Hbond substituents is 1. The van der Waals surface area contributed by atoms with Crippen LogP contribution in [-0.4, -0.2) is 17.6 Å². The summed E-state index contributed by atoms with van der Waals surface area (Å²) in [5, 5.41) is 10.6. The first-order valence-corrected chi connectivity index (χ1v) is 10.4. The van der Waals surface area contributed by atoms with E-state index in [9.17, 15) is 14.7 Å². The van der Waals surface area contributed by atoms with Gasteiger partial charge in [-0.05, 0) is 55.8 Å². The van der Waals surface area contributed by atoms with Gasteiger partial charge in [-0.2, -0.15) is 0 Å². The van der Waals surface area contributed by atoms with Crippen molar-refractivity contribution in [3.8, 4) is 11.5 Å². The molecule has 0 saturated carbocycles. The van der Waals surface area contributed by atoms with Gasteiger partial charge in [0, 0.05) is 5.69 Å². The molecule has 0 aliphatic carbocycles. The third-order valence-electron chi connectivity index (χ3n) is 5.69. The van der Waals surface area contributed by atoms with Crippen molar-refractivity contribution in [1.82, 2.24) is 0 Å². The molecule has 6 nitrogen and oxygen atoms in total. The third kappa shape index (κ3) is 3.03. The van der Waals surface area contributed by atoms with Crippen LogP contribution in [0.25, 0.3) is 11.0 Å². The zero-order valence-corrected chi connectivity index (χ0v) is 17.7. The molecule has 3 aromatic carbocycles. The summed E-state index contributed by atoms with van der Waals surface area (Å²) in [5.41, 5.74) is 2.74. The highest BCUT2D eigenvalue weighted by Crippen LogP contribution is 2.43. The lowest BCUT2D eigenvalue weighted by Crippen LogP contribution is -2.29. The van der Waals surface area contributed by atoms with Crippen molar-refractivity contribution in [2.75, 3.05) is 11.5 Å². The van der Waals surface area contributed by atoms with Crippen LogP contribution in [0.3, 0.4) is 0 Å². The van der Waals surface area contributed by atoms with E-state index in [1.54, 1.807) is 41.3 Å². The minimum Gasteiger partial charge on any atom is -0.504 e. The van der Waals surface area contributed by atoms with Crippen molar-refractivity contribution in [2.45, 2.75) is 19.9 Å². The van der Waals surface area contributed by atoms with E-state index in [1.807, 2.05) is 38.1 Å². The number of carbonyl (C=O) groups excluding carboxylic acids is 1. The number of hydrogen-bond donors (Lipinski definition) is 1. The lowest BCUT2D eigenvalue weighted by molar-refractivity contribution is 0.0971. The molecule has 1 amide bonds. The molecule has 4 aromatic rings. The fourth-order valence-corrected chi connectivity index (χ4v) is 4.18. The largest absolute Gasteiger partial charge is 0.504 e. The van der Waals surface area contributed by atoms with Crippen LogP contribution in [0.1, 0.15) is 40.2 Å². The number of rotatable bonds is 4. The summed E-state index contributed by atoms with van der Waals surface area (Å²) in [6, 6.07) is 18.6. The predicted octanol–water partition coefficient (Wildman–Crippen LogP) is 4.96. The van der Waals surface area contributed by atoms with Gasteiger partial charge >= 0.3 is 0 Å². The Bertz CT molecular complexity index is 1400. The van der Waals surface area contributed by atoms with Crippen LogP contribution in [0.15, 0.2) is 75.9 Å². The van der Waals surface area contributed by atoms with E-state index in [-0.39, 0.29) is 28.4 Å². The maximum absolute atomic E-state index is 13.6. The first-order chi connectivity index (χ1) is 15.5. The van der Waals surface area contributed by atoms with E-state index in [0.29, 0.717) is 34.6 Å². The fraction of sp³-hybridized carbons (Fsp3) is 0.154. The maximum Gasteiger partial charge on any atom is 0.295 e. The first kappa shape index (κ1) is 19.9. The Morgan fingerprint density at radius 2 is 1.78 bits per heavy atom. The summed E-state index contributed by atoms with van der Waals surface area (Å²) in [6.45, 7) is 4.15. The smallest absolute Gasteiger partial charge is 0.295 e. The standard InChI is InChI=1S/C26H21NO5/c1-3-31-21-14-16(10-13-19(21)28)23-22-24(29)18-6-4-5-7-20(18)32-25(22)26(30)27(23)17-11-8-15(2)9-12-17/h4-14,23,28H,3H2,1-2H3. The Morgan fingerprint density at radius 3 is 2.53 bits per heavy atom. The Labute approximate surface area is 184 Å². The number of fused-ring (bicyclic) bond motifs is 2. The molecule has 0 bridgehead atoms. The molecule has 0 saturated heterocycles. The molecule has 2 heterocycles. The van der Waals surface area contributed by atoms with Gasteiger partial charge in [0.05, 0.1) is 23.6 Å². The van der Waals surface area contributed by atoms with E-state index in [0.717, 1.165) is 5.56 Å². The summed E-state index contributed by atoms with van der Waals surface area (Å²) in [6.07, 6.45) is 0. The lowest BCUT2D eigenvalue weighted by atomic mass is 9.97. The van der Waals surface area contributed by atoms with Crippen molar-refractivity contribution < 1.29 is 19.1 Å². The minimum absolute atomic E-state index is 0.00687. The Kier molecular flexibility index (Phi) is 4.70. The van der Waals surface area contributed by atoms with Crippen LogP contribution in [0.5, 0.6) is 11.5 Å². The number of aryl methyl sites for hydroxylation is 1. The number of benzene rings is 3. The number of anilines is 1. The van der Waals surface area contributed by atoms with Gasteiger partial charge in [0.25, 0.3) is 5.91 Å². The Morgan fingerprint density at radius 1 is 1.03 bits per heavy atom. The number of aromatic hydroxyl groups is 1. The molecule has 5 rings (SSSR count). The Balaban J connectivity index is 1.79. The number of para-hydroxylation sites is 1. The molecule has 0 radical (unpaired) electrons. The first-order valence-electron chi connectivity index (χ1n) is 10.4. The van der Waals surface area contributed by atoms with Crippen LogP contribution in [0.4, 0.5) is 5.69 Å². The van der Waals surface area contributed by atoms with Crippen molar-refractivity contribution in [1.29, 1.82) is 0 Å². The molecule has 32 heavy (non-hydrogen) atoms. The predicted molar refractivity (Wildman–Crippen MR) is 122 cm³/mol. The van der Waals surface area contributed by atoms with Gasteiger partial charge in [-0.1, -0.05) is 35.9 Å². The fourth-order valence-electron chi connectivity index (χ4n) is 4.18. The molecule has 160 valence electrons. The van der Waals surface area contributed by atoms with Crippen LogP contribution >= 0.6 is 0 Å². The van der Waals surface area contributed by atoms with E-state index in [4.69, 9.17) is 9.15 Å². The van der Waals surface area contributed by atoms with Gasteiger partial charge in [-0.25, -0.2) is 0 Å². The van der Waals surface area contributed by atoms with Crippen LogP contribution in [0.2, 0.25) is 0 Å². The van der Waals surface area contributed by atoms with Crippen molar-refractivity contribution in [2.24, 2.45) is 0 Å². The molecular formula is C26H21NO5. The highest BCUT2D eigenvalue weighted by molar-refractivity contribution is 6.10. The van der Waals surface area contributed by atoms with Gasteiger partial charge in [-0.15, -0.1) is 0 Å². The van der Waals surface area contributed by atoms with Gasteiger partial charge in [0.1, 0.15) is 5.58 Å². The quantitative estimate of drug-likeness (QED) is 0.498. The second-order valence-electron chi connectivity index (χ2n) is 7.74. The molecule has 1 aliphatic rings. The summed E-state index contributed by atoms with van der Waals surface area (Å²) in [4.78, 5) is 28.7. The van der Waals surface area contributed by atoms with Crippen LogP contribution in [0, 0.1) is 6.92 Å². The Hall–Kier alpha value is -4.06. The number of hydrogen-bond acceptors (Lipinski definition) is 5. The summed E-state index contributed by atoms with van der Waals surface area (Å²) >= 11 is 0. The molecular weight excluding hydrogens is 406 g/mol. The van der Waals surface area contributed by atoms with Gasteiger partial charge in [0.15, 0.2) is 16.9 Å². The highest BCUT2D eigenvalue weighted by Gasteiger charge is 2.43. The van der Waals surface area contributed by atoms with Crippen molar-refractivity contribution in [3.05, 3.63) is 99.4 Å². The lowest BCUT2D eigenvalue weighted by Gasteiger charge is -2.26. The maximum atomic E-state index is 13.6. The minimum atomic E-state index is -0.721. The van der Waals surface area contributed by atoms with Crippen LogP contribution in [-0.2, 0) is 0 Å². The van der Waals surface area contributed by atoms with Crippen molar-refractivity contribution >= 4 is 22.6 Å². The van der Waals surface area contributed by atoms with E-state index >= 15 is 0 Å². The topological polar surface area (TPSA) is 80.0 Å². The molecule has 1 atom stereocenters. The van der Waals surface area contributed by atoms with Gasteiger partial charge in [-0.3, -0.25) is 14.5 Å². The van der Waals surface area contributed by atoms with Crippen LogP contribution < -0.4 is 15.1 Å². The molecule has 6 heteroatoms. The highest BCUT2D eigenvalue weighted by atomic mass is 16.5. The van der Waals surface area contributed by atoms with E-state index in [1.165, 1.54) is 6.07 Å². The second kappa shape index (κ2) is 7.57. The normalized spacial score (nSPS) is 15.2. The monoisotopic (exact) mass is 427 g/mol. The molecule has 1 aromatic heterocycles. The zero-order valence-electron chi connectivity index (χ0n) is 17.7. The third-order valence-corrected chi connectivity index (χ3v) is 5.69. The summed E-state index contributed by atoms with van der Waals surface area (Å²) in [5.74, 6) is -0.0689. The molecule has 1 aliphatic heterocycles. The number of amides is 1. The number of nitrogens with zero attached hydrogens (tertiary/aromatic N) is 1. The SMILES string of the molecule is CCOc1cc(C2c3c(oc4ccccc4c3=O)C(=O)N2c2ccc(C)cc2)ccc1O. The van der Waals surface area contributed by atoms with E-state index < -0.39 is 6.04 Å². The number of carbonyl (C=O) groups is 1. The average molecular weight is 427 g/mol. The van der Waals surface area contributed by atoms with Crippen molar-refractivity contribution in [3.63, 3.8) is 0 Å². The zero-order chi connectivity index (χ0) is 22.4. The number of phenols is 1. The summed E-state index contributed by atoms with van der Waals surface area (Å²) < 4.78 is 11.5. The summed E-state index contributed by atoms with van der Waals surface area (Å²) in [7, 11) is 0. The molecule has 1 unspecified atom stereocenters. The molecule has 0 fully saturated rings. The van der Waals surface area contributed by atoms with Gasteiger partial charge < -0.3 is 14.3 Å². The molecule has 1 N–H and O–H groups in total. The molecule has 0 spiro atoms. The van der Waals surface area contributed by atoms with Gasteiger partial charge in [0.2, 0.25) is 5.76 Å². The number of ether oxygens (including phenoxy) is 1. The average Bonchev–Trinajstić information content (AvgIpc) is 3.09. The van der Waals surface area contributed by atoms with E-state index in [2.05, 4.69) is 0 Å². The second-order valence-corrected chi connectivity index (χ2v) is 7.74.